The fourth-order valence-electron chi connectivity index (χ4n) is 1.68. The molecule has 2 aromatic rings. The lowest BCUT2D eigenvalue weighted by atomic mass is 10.2. The number of nitrogens with zero attached hydrogens (tertiary/aromatic N) is 3. The van der Waals surface area contributed by atoms with Gasteiger partial charge in [0, 0.05) is 23.0 Å². The Labute approximate surface area is 122 Å². The van der Waals surface area contributed by atoms with Crippen molar-refractivity contribution in [3.63, 3.8) is 0 Å². The van der Waals surface area contributed by atoms with E-state index in [0.717, 1.165) is 28.3 Å². The Hall–Kier alpha value is -1.63. The van der Waals surface area contributed by atoms with Crippen molar-refractivity contribution in [1.29, 1.82) is 0 Å². The third-order valence-corrected chi connectivity index (χ3v) is 3.63. The second-order valence-corrected chi connectivity index (χ2v) is 5.43. The Kier molecular flexibility index (Phi) is 3.73. The molecule has 0 aromatic carbocycles. The number of hydrogen-bond acceptors (Lipinski definition) is 3. The molecular weight excluding hydrogens is 332 g/mol. The van der Waals surface area contributed by atoms with Crippen LogP contribution in [0.2, 0.25) is 0 Å². The number of pyridine rings is 1. The molecule has 20 heavy (non-hydrogen) atoms. The van der Waals surface area contributed by atoms with Crippen molar-refractivity contribution in [2.24, 2.45) is 0 Å². The summed E-state index contributed by atoms with van der Waals surface area (Å²) in [6, 6.07) is 2.68. The summed E-state index contributed by atoms with van der Waals surface area (Å²) in [5, 5.41) is 3.79. The fourth-order valence-corrected chi connectivity index (χ4v) is 2.11. The van der Waals surface area contributed by atoms with Gasteiger partial charge in [-0.15, -0.1) is 0 Å². The highest BCUT2D eigenvalue weighted by Crippen LogP contribution is 2.25. The summed E-state index contributed by atoms with van der Waals surface area (Å²) in [5.74, 6) is -2.76. The van der Waals surface area contributed by atoms with Crippen LogP contribution in [0.15, 0.2) is 27.6 Å². The second kappa shape index (κ2) is 5.05. The van der Waals surface area contributed by atoms with Crippen molar-refractivity contribution in [2.45, 2.75) is 26.7 Å². The molecule has 0 atom stereocenters. The lowest BCUT2D eigenvalue weighted by Gasteiger charge is -2.12. The summed E-state index contributed by atoms with van der Waals surface area (Å²) in [6.45, 7) is 4.26. The van der Waals surface area contributed by atoms with Crippen LogP contribution in [0.4, 0.5) is 8.78 Å². The van der Waals surface area contributed by atoms with E-state index in [1.54, 1.807) is 19.9 Å². The summed E-state index contributed by atoms with van der Waals surface area (Å²) < 4.78 is 28.1. The van der Waals surface area contributed by atoms with E-state index in [-0.39, 0.29) is 0 Å². The second-order valence-electron chi connectivity index (χ2n) is 4.58. The summed E-state index contributed by atoms with van der Waals surface area (Å²) >= 11 is 3.34. The molecule has 0 radical (unpaired) electrons. The summed E-state index contributed by atoms with van der Waals surface area (Å²) in [7, 11) is 0. The highest BCUT2D eigenvalue weighted by molar-refractivity contribution is 9.10. The Balaban J connectivity index is 2.61. The van der Waals surface area contributed by atoms with E-state index in [0.29, 0.717) is 17.1 Å². The van der Waals surface area contributed by atoms with Gasteiger partial charge in [-0.3, -0.25) is 4.79 Å². The van der Waals surface area contributed by atoms with Crippen LogP contribution in [0.25, 0.3) is 5.82 Å². The first-order valence-electron chi connectivity index (χ1n) is 5.82. The molecule has 0 amide bonds. The molecule has 0 saturated heterocycles. The van der Waals surface area contributed by atoms with Crippen molar-refractivity contribution in [1.82, 2.24) is 14.8 Å². The quantitative estimate of drug-likeness (QED) is 0.841. The minimum absolute atomic E-state index is 0.335. The Bertz CT molecular complexity index is 723. The van der Waals surface area contributed by atoms with Crippen molar-refractivity contribution in [3.8, 4) is 5.82 Å². The van der Waals surface area contributed by atoms with E-state index in [1.165, 1.54) is 0 Å². The summed E-state index contributed by atoms with van der Waals surface area (Å²) in [4.78, 5) is 16.2. The predicted molar refractivity (Wildman–Crippen MR) is 74.4 cm³/mol. The van der Waals surface area contributed by atoms with Gasteiger partial charge in [-0.2, -0.15) is 9.78 Å². The first-order valence-corrected chi connectivity index (χ1v) is 6.61. The highest BCUT2D eigenvalue weighted by atomic mass is 79.9. The van der Waals surface area contributed by atoms with Gasteiger partial charge < -0.3 is 0 Å². The third kappa shape index (κ3) is 2.77. The van der Waals surface area contributed by atoms with Gasteiger partial charge in [0.2, 0.25) is 0 Å². The third-order valence-electron chi connectivity index (χ3n) is 2.82. The van der Waals surface area contributed by atoms with Crippen molar-refractivity contribution in [2.75, 3.05) is 0 Å². The van der Waals surface area contributed by atoms with Gasteiger partial charge >= 0.3 is 0 Å². The van der Waals surface area contributed by atoms with E-state index in [2.05, 4.69) is 26.0 Å². The van der Waals surface area contributed by atoms with Crippen LogP contribution in [0.5, 0.6) is 0 Å². The van der Waals surface area contributed by atoms with E-state index < -0.39 is 17.0 Å². The van der Waals surface area contributed by atoms with Gasteiger partial charge in [0.25, 0.3) is 11.5 Å². The molecule has 2 aromatic heterocycles. The summed E-state index contributed by atoms with van der Waals surface area (Å²) in [5.41, 5.74) is 0.351. The predicted octanol–water partition coefficient (Wildman–Crippen LogP) is 3.12. The molecule has 0 bridgehead atoms. The Morgan fingerprint density at radius 3 is 2.50 bits per heavy atom. The van der Waals surface area contributed by atoms with Crippen LogP contribution in [-0.2, 0) is 5.92 Å². The highest BCUT2D eigenvalue weighted by Gasteiger charge is 2.26. The molecule has 0 N–H and O–H groups in total. The number of aryl methyl sites for hydroxylation is 2. The number of aromatic nitrogens is 3. The number of alkyl halides is 2. The minimum atomic E-state index is -3.09. The molecule has 0 fully saturated rings. The summed E-state index contributed by atoms with van der Waals surface area (Å²) in [6.07, 6.45) is 0.986. The fraction of sp³-hybridized carbons (Fsp3) is 0.308. The molecule has 0 saturated carbocycles. The van der Waals surface area contributed by atoms with Crippen LogP contribution in [-0.4, -0.2) is 14.8 Å². The van der Waals surface area contributed by atoms with E-state index in [9.17, 15) is 13.6 Å². The topological polar surface area (TPSA) is 47.8 Å². The van der Waals surface area contributed by atoms with Gasteiger partial charge in [0.1, 0.15) is 0 Å². The Morgan fingerprint density at radius 1 is 1.30 bits per heavy atom. The SMILES string of the molecule is Cc1cc(Br)c(C)nc1-n1ncc(C(C)(F)F)cc1=O. The zero-order valence-electron chi connectivity index (χ0n) is 11.1. The zero-order chi connectivity index (χ0) is 15.1. The van der Waals surface area contributed by atoms with Crippen molar-refractivity contribution >= 4 is 15.9 Å². The lowest BCUT2D eigenvalue weighted by molar-refractivity contribution is 0.0167. The number of halogens is 3. The molecule has 7 heteroatoms. The molecule has 0 unspecified atom stereocenters. The molecule has 0 spiro atoms. The van der Waals surface area contributed by atoms with Gasteiger partial charge in [-0.25, -0.2) is 13.8 Å². The van der Waals surface area contributed by atoms with Gasteiger partial charge in [0.05, 0.1) is 11.9 Å². The van der Waals surface area contributed by atoms with E-state index in [1.807, 2.05) is 0 Å². The van der Waals surface area contributed by atoms with Crippen molar-refractivity contribution in [3.05, 3.63) is 50.0 Å². The standard InChI is InChI=1S/C13H12BrF2N3O/c1-7-4-10(14)8(2)18-12(7)19-11(20)5-9(6-17-19)13(3,15)16/h4-6H,1-3H3. The monoisotopic (exact) mass is 343 g/mol. The maximum absolute atomic E-state index is 13.2. The average molecular weight is 344 g/mol. The lowest BCUT2D eigenvalue weighted by Crippen LogP contribution is -2.25. The first-order chi connectivity index (χ1) is 9.20. The van der Waals surface area contributed by atoms with Crippen molar-refractivity contribution < 1.29 is 8.78 Å². The maximum atomic E-state index is 13.2. The van der Waals surface area contributed by atoms with Gasteiger partial charge in [-0.1, -0.05) is 0 Å². The number of rotatable bonds is 2. The molecule has 0 aliphatic rings. The minimum Gasteiger partial charge on any atom is -0.267 e. The molecule has 4 nitrogen and oxygen atoms in total. The van der Waals surface area contributed by atoms with Gasteiger partial charge in [0.15, 0.2) is 5.82 Å². The van der Waals surface area contributed by atoms with E-state index in [4.69, 9.17) is 0 Å². The molecular formula is C13H12BrF2N3O. The van der Waals surface area contributed by atoms with Crippen LogP contribution in [0.1, 0.15) is 23.7 Å². The molecule has 0 aliphatic carbocycles. The molecule has 0 aliphatic heterocycles. The average Bonchev–Trinajstić information content (AvgIpc) is 2.33. The van der Waals surface area contributed by atoms with Crippen LogP contribution < -0.4 is 5.56 Å². The molecule has 106 valence electrons. The maximum Gasteiger partial charge on any atom is 0.273 e. The first kappa shape index (κ1) is 14.8. The number of hydrogen-bond donors (Lipinski definition) is 0. The Morgan fingerprint density at radius 2 is 1.95 bits per heavy atom. The largest absolute Gasteiger partial charge is 0.273 e. The van der Waals surface area contributed by atoms with Crippen LogP contribution in [0.3, 0.4) is 0 Å². The van der Waals surface area contributed by atoms with Crippen LogP contribution >= 0.6 is 15.9 Å². The molecule has 2 rings (SSSR count). The normalized spacial score (nSPS) is 11.7. The smallest absolute Gasteiger partial charge is 0.267 e. The molecule has 2 heterocycles. The van der Waals surface area contributed by atoms with Crippen LogP contribution in [0, 0.1) is 13.8 Å². The van der Waals surface area contributed by atoms with Gasteiger partial charge in [-0.05, 0) is 41.4 Å². The zero-order valence-corrected chi connectivity index (χ0v) is 12.7. The van der Waals surface area contributed by atoms with E-state index >= 15 is 0 Å².